The molecule has 3 heteroatoms. The van der Waals surface area contributed by atoms with E-state index in [1.807, 2.05) is 11.3 Å². The van der Waals surface area contributed by atoms with Crippen molar-refractivity contribution in [2.24, 2.45) is 11.8 Å². The van der Waals surface area contributed by atoms with Gasteiger partial charge < -0.3 is 10.2 Å². The van der Waals surface area contributed by atoms with Gasteiger partial charge in [0.25, 0.3) is 0 Å². The highest BCUT2D eigenvalue weighted by Gasteiger charge is 2.21. The van der Waals surface area contributed by atoms with Gasteiger partial charge in [-0.15, -0.1) is 11.3 Å². The average molecular weight is 266 g/mol. The summed E-state index contributed by atoms with van der Waals surface area (Å²) in [6.45, 7) is 10.8. The lowest BCUT2D eigenvalue weighted by Gasteiger charge is -2.35. The summed E-state index contributed by atoms with van der Waals surface area (Å²) in [4.78, 5) is 4.10. The number of likely N-dealkylation sites (tertiary alicyclic amines) is 1. The predicted molar refractivity (Wildman–Crippen MR) is 80.3 cm³/mol. The molecule has 18 heavy (non-hydrogen) atoms. The topological polar surface area (TPSA) is 15.3 Å². The molecule has 2 nitrogen and oxygen atoms in total. The lowest BCUT2D eigenvalue weighted by Crippen LogP contribution is -2.41. The fourth-order valence-corrected chi connectivity index (χ4v) is 3.29. The van der Waals surface area contributed by atoms with E-state index >= 15 is 0 Å². The van der Waals surface area contributed by atoms with Crippen molar-refractivity contribution in [3.05, 3.63) is 22.4 Å². The minimum absolute atomic E-state index is 0.866. The van der Waals surface area contributed by atoms with Crippen LogP contribution in [0.25, 0.3) is 0 Å². The average Bonchev–Trinajstić information content (AvgIpc) is 2.86. The number of nitrogens with one attached hydrogen (secondary N) is 1. The molecule has 0 radical (unpaired) electrons. The van der Waals surface area contributed by atoms with Gasteiger partial charge in [0.1, 0.15) is 0 Å². The molecule has 1 aromatic rings. The molecule has 2 heterocycles. The highest BCUT2D eigenvalue weighted by Crippen LogP contribution is 2.21. The van der Waals surface area contributed by atoms with Crippen molar-refractivity contribution in [1.82, 2.24) is 10.2 Å². The van der Waals surface area contributed by atoms with Gasteiger partial charge in [0.2, 0.25) is 0 Å². The van der Waals surface area contributed by atoms with E-state index in [0.717, 1.165) is 24.9 Å². The summed E-state index contributed by atoms with van der Waals surface area (Å²) >= 11 is 1.86. The van der Waals surface area contributed by atoms with Gasteiger partial charge in [-0.25, -0.2) is 0 Å². The molecule has 1 aliphatic heterocycles. The maximum Gasteiger partial charge on any atom is 0.0107 e. The Labute approximate surface area is 115 Å². The maximum atomic E-state index is 3.56. The molecule has 0 spiro atoms. The minimum atomic E-state index is 0.866. The van der Waals surface area contributed by atoms with E-state index in [-0.39, 0.29) is 0 Å². The number of nitrogens with zero attached hydrogens (tertiary/aromatic N) is 1. The van der Waals surface area contributed by atoms with Crippen LogP contribution in [0, 0.1) is 11.8 Å². The van der Waals surface area contributed by atoms with Gasteiger partial charge in [-0.05, 0) is 42.7 Å². The molecule has 1 aromatic heterocycles. The Balaban J connectivity index is 1.53. The Morgan fingerprint density at radius 1 is 1.33 bits per heavy atom. The first kappa shape index (κ1) is 14.0. The first-order valence-electron chi connectivity index (χ1n) is 7.21. The van der Waals surface area contributed by atoms with Gasteiger partial charge in [0.15, 0.2) is 0 Å². The highest BCUT2D eigenvalue weighted by molar-refractivity contribution is 7.09. The van der Waals surface area contributed by atoms with Crippen LogP contribution in [0.3, 0.4) is 0 Å². The number of piperidine rings is 1. The molecular weight excluding hydrogens is 240 g/mol. The fraction of sp³-hybridized carbons (Fsp3) is 0.733. The molecule has 0 aromatic carbocycles. The number of hydrogen-bond acceptors (Lipinski definition) is 3. The largest absolute Gasteiger partial charge is 0.315 e. The normalized spacial score (nSPS) is 25.4. The second-order valence-electron chi connectivity index (χ2n) is 5.62. The zero-order valence-electron chi connectivity index (χ0n) is 11.7. The molecule has 1 aliphatic rings. The Kier molecular flexibility index (Phi) is 5.67. The number of thiophene rings is 1. The van der Waals surface area contributed by atoms with Gasteiger partial charge in [0.05, 0.1) is 0 Å². The van der Waals surface area contributed by atoms with Crippen molar-refractivity contribution < 1.29 is 0 Å². The van der Waals surface area contributed by atoms with E-state index in [1.54, 1.807) is 0 Å². The summed E-state index contributed by atoms with van der Waals surface area (Å²) in [5.74, 6) is 1.78. The van der Waals surface area contributed by atoms with E-state index in [9.17, 15) is 0 Å². The van der Waals surface area contributed by atoms with Crippen LogP contribution in [0.2, 0.25) is 0 Å². The van der Waals surface area contributed by atoms with Gasteiger partial charge in [-0.2, -0.15) is 0 Å². The summed E-state index contributed by atoms with van der Waals surface area (Å²) in [5, 5.41) is 5.72. The van der Waals surface area contributed by atoms with Crippen LogP contribution in [0.15, 0.2) is 17.5 Å². The lowest BCUT2D eigenvalue weighted by atomic mass is 9.89. The maximum absolute atomic E-state index is 3.56. The Bertz CT molecular complexity index is 323. The Morgan fingerprint density at radius 2 is 2.22 bits per heavy atom. The first-order chi connectivity index (χ1) is 8.75. The van der Waals surface area contributed by atoms with Crippen molar-refractivity contribution in [3.63, 3.8) is 0 Å². The molecule has 2 atom stereocenters. The van der Waals surface area contributed by atoms with Gasteiger partial charge in [-0.3, -0.25) is 0 Å². The van der Waals surface area contributed by atoms with E-state index in [0.29, 0.717) is 0 Å². The molecule has 1 N–H and O–H groups in total. The third kappa shape index (κ3) is 4.38. The van der Waals surface area contributed by atoms with Crippen molar-refractivity contribution >= 4 is 11.3 Å². The predicted octanol–water partition coefficient (Wildman–Crippen LogP) is 2.86. The van der Waals surface area contributed by atoms with E-state index in [4.69, 9.17) is 0 Å². The molecule has 102 valence electrons. The van der Waals surface area contributed by atoms with E-state index in [1.165, 1.54) is 37.4 Å². The fourth-order valence-electron chi connectivity index (χ4n) is 2.58. The zero-order chi connectivity index (χ0) is 12.8. The summed E-state index contributed by atoms with van der Waals surface area (Å²) in [5.41, 5.74) is 0. The van der Waals surface area contributed by atoms with Crippen LogP contribution in [0.5, 0.6) is 0 Å². The summed E-state index contributed by atoms with van der Waals surface area (Å²) in [6.07, 6.45) is 2.54. The highest BCUT2D eigenvalue weighted by atomic mass is 32.1. The van der Waals surface area contributed by atoms with Gasteiger partial charge >= 0.3 is 0 Å². The summed E-state index contributed by atoms with van der Waals surface area (Å²) in [7, 11) is 0. The van der Waals surface area contributed by atoms with Crippen LogP contribution in [0.4, 0.5) is 0 Å². The van der Waals surface area contributed by atoms with Crippen molar-refractivity contribution in [1.29, 1.82) is 0 Å². The molecule has 2 unspecified atom stereocenters. The third-order valence-electron chi connectivity index (χ3n) is 4.15. The monoisotopic (exact) mass is 266 g/mol. The van der Waals surface area contributed by atoms with Gasteiger partial charge in [0, 0.05) is 31.1 Å². The summed E-state index contributed by atoms with van der Waals surface area (Å²) in [6, 6.07) is 4.36. The van der Waals surface area contributed by atoms with Crippen LogP contribution in [-0.4, -0.2) is 37.6 Å². The Hall–Kier alpha value is -0.380. The molecule has 0 amide bonds. The van der Waals surface area contributed by atoms with Crippen LogP contribution in [-0.2, 0) is 6.42 Å². The molecule has 0 saturated carbocycles. The SMILES string of the molecule is CC1CCN(CCNCCc2cccs2)CC1C. The molecule has 0 aliphatic carbocycles. The molecule has 1 fully saturated rings. The number of rotatable bonds is 6. The standard InChI is InChI=1S/C15H26N2S/c1-13-6-9-17(12-14(13)2)10-8-16-7-5-15-4-3-11-18-15/h3-4,11,13-14,16H,5-10,12H2,1-2H3. The zero-order valence-corrected chi connectivity index (χ0v) is 12.5. The quantitative estimate of drug-likeness (QED) is 0.797. The number of hydrogen-bond donors (Lipinski definition) is 1. The second kappa shape index (κ2) is 7.27. The van der Waals surface area contributed by atoms with Crippen LogP contribution < -0.4 is 5.32 Å². The minimum Gasteiger partial charge on any atom is -0.315 e. The van der Waals surface area contributed by atoms with Crippen molar-refractivity contribution in [2.45, 2.75) is 26.7 Å². The van der Waals surface area contributed by atoms with E-state index < -0.39 is 0 Å². The second-order valence-corrected chi connectivity index (χ2v) is 6.66. The molecule has 2 rings (SSSR count). The van der Waals surface area contributed by atoms with E-state index in [2.05, 4.69) is 41.6 Å². The smallest absolute Gasteiger partial charge is 0.0107 e. The molecule has 0 bridgehead atoms. The van der Waals surface area contributed by atoms with Crippen molar-refractivity contribution in [3.8, 4) is 0 Å². The lowest BCUT2D eigenvalue weighted by molar-refractivity contribution is 0.139. The third-order valence-corrected chi connectivity index (χ3v) is 5.09. The van der Waals surface area contributed by atoms with Gasteiger partial charge in [-0.1, -0.05) is 19.9 Å². The van der Waals surface area contributed by atoms with Crippen molar-refractivity contribution in [2.75, 3.05) is 32.7 Å². The van der Waals surface area contributed by atoms with Crippen LogP contribution >= 0.6 is 11.3 Å². The first-order valence-corrected chi connectivity index (χ1v) is 8.09. The Morgan fingerprint density at radius 3 is 2.94 bits per heavy atom. The van der Waals surface area contributed by atoms with Crippen LogP contribution in [0.1, 0.15) is 25.1 Å². The molecular formula is C15H26N2S. The molecule has 1 saturated heterocycles. The summed E-state index contributed by atoms with van der Waals surface area (Å²) < 4.78 is 0.